The van der Waals surface area contributed by atoms with Gasteiger partial charge in [0.15, 0.2) is 5.82 Å². The number of hydrogen-bond acceptors (Lipinski definition) is 4. The van der Waals surface area contributed by atoms with Crippen LogP contribution in [0.4, 0.5) is 19.4 Å². The number of hydrogen-bond donors (Lipinski definition) is 0. The van der Waals surface area contributed by atoms with Crippen LogP contribution in [0.2, 0.25) is 0 Å². The summed E-state index contributed by atoms with van der Waals surface area (Å²) in [7, 11) is 0. The van der Waals surface area contributed by atoms with Crippen LogP contribution in [-0.4, -0.2) is 52.6 Å². The minimum atomic E-state index is -0.646. The Balaban J connectivity index is 1.70. The standard InChI is InChI=1S/C19H24F2N4O2/c1-13-9-17(22-25(13)16-11-14(20)10-15(21)12-16)23-5-7-24(8-6-23)18(26)27-19(2,3)4/h9-12H,5-8H2,1-4H3. The van der Waals surface area contributed by atoms with E-state index < -0.39 is 17.2 Å². The number of ether oxygens (including phenoxy) is 1. The van der Waals surface area contributed by atoms with E-state index in [-0.39, 0.29) is 6.09 Å². The van der Waals surface area contributed by atoms with Gasteiger partial charge in [0.25, 0.3) is 0 Å². The van der Waals surface area contributed by atoms with Crippen molar-refractivity contribution in [1.29, 1.82) is 0 Å². The summed E-state index contributed by atoms with van der Waals surface area (Å²) in [4.78, 5) is 15.9. The van der Waals surface area contributed by atoms with Crippen molar-refractivity contribution < 1.29 is 18.3 Å². The Bertz CT molecular complexity index is 816. The molecule has 1 saturated heterocycles. The van der Waals surface area contributed by atoms with Crippen LogP contribution < -0.4 is 4.90 Å². The third-order valence-electron chi connectivity index (χ3n) is 4.22. The van der Waals surface area contributed by atoms with Gasteiger partial charge in [-0.1, -0.05) is 0 Å². The van der Waals surface area contributed by atoms with E-state index >= 15 is 0 Å². The Kier molecular flexibility index (Phi) is 5.08. The Morgan fingerprint density at radius 1 is 1.04 bits per heavy atom. The molecule has 0 spiro atoms. The SMILES string of the molecule is Cc1cc(N2CCN(C(=O)OC(C)(C)C)CC2)nn1-c1cc(F)cc(F)c1. The average molecular weight is 378 g/mol. The number of piperazine rings is 1. The normalized spacial score (nSPS) is 15.2. The second-order valence-corrected chi connectivity index (χ2v) is 7.64. The minimum absolute atomic E-state index is 0.320. The predicted molar refractivity (Wildman–Crippen MR) is 98.2 cm³/mol. The Hall–Kier alpha value is -2.64. The molecular formula is C19H24F2N4O2. The molecule has 0 aliphatic carbocycles. The molecule has 1 aliphatic rings. The van der Waals surface area contributed by atoms with Crippen molar-refractivity contribution in [1.82, 2.24) is 14.7 Å². The molecule has 0 N–H and O–H groups in total. The molecule has 8 heteroatoms. The van der Waals surface area contributed by atoms with Gasteiger partial charge in [-0.3, -0.25) is 0 Å². The molecule has 1 aliphatic heterocycles. The summed E-state index contributed by atoms with van der Waals surface area (Å²) in [6.07, 6.45) is -0.320. The fraction of sp³-hybridized carbons (Fsp3) is 0.474. The topological polar surface area (TPSA) is 50.6 Å². The highest BCUT2D eigenvalue weighted by Crippen LogP contribution is 2.21. The highest BCUT2D eigenvalue weighted by Gasteiger charge is 2.27. The first kappa shape index (κ1) is 19.1. The Labute approximate surface area is 157 Å². The molecule has 146 valence electrons. The Morgan fingerprint density at radius 2 is 1.63 bits per heavy atom. The van der Waals surface area contributed by atoms with Crippen molar-refractivity contribution in [2.75, 3.05) is 31.1 Å². The Morgan fingerprint density at radius 3 is 2.19 bits per heavy atom. The lowest BCUT2D eigenvalue weighted by Crippen LogP contribution is -2.50. The second-order valence-electron chi connectivity index (χ2n) is 7.64. The first-order valence-electron chi connectivity index (χ1n) is 8.88. The zero-order valence-electron chi connectivity index (χ0n) is 16.0. The van der Waals surface area contributed by atoms with Crippen molar-refractivity contribution in [2.45, 2.75) is 33.3 Å². The number of anilines is 1. The number of amides is 1. The van der Waals surface area contributed by atoms with Crippen LogP contribution in [0.5, 0.6) is 0 Å². The summed E-state index contributed by atoms with van der Waals surface area (Å²) in [6, 6.07) is 5.19. The molecule has 0 atom stereocenters. The van der Waals surface area contributed by atoms with Crippen molar-refractivity contribution in [3.8, 4) is 5.69 Å². The molecule has 3 rings (SSSR count). The van der Waals surface area contributed by atoms with Crippen molar-refractivity contribution in [3.63, 3.8) is 0 Å². The van der Waals surface area contributed by atoms with E-state index in [1.807, 2.05) is 38.7 Å². The van der Waals surface area contributed by atoms with Crippen LogP contribution in [0.1, 0.15) is 26.5 Å². The van der Waals surface area contributed by atoms with Gasteiger partial charge in [-0.05, 0) is 39.8 Å². The van der Waals surface area contributed by atoms with Gasteiger partial charge >= 0.3 is 6.09 Å². The molecule has 0 bridgehead atoms. The fourth-order valence-electron chi connectivity index (χ4n) is 2.98. The lowest BCUT2D eigenvalue weighted by atomic mass is 10.2. The van der Waals surface area contributed by atoms with Gasteiger partial charge in [0.2, 0.25) is 0 Å². The number of rotatable bonds is 2. The third kappa shape index (κ3) is 4.56. The predicted octanol–water partition coefficient (Wildman–Crippen LogP) is 3.52. The quantitative estimate of drug-likeness (QED) is 0.802. The van der Waals surface area contributed by atoms with Gasteiger partial charge in [-0.2, -0.15) is 5.10 Å². The molecule has 2 heterocycles. The lowest BCUT2D eigenvalue weighted by molar-refractivity contribution is 0.0240. The molecule has 2 aromatic rings. The van der Waals surface area contributed by atoms with E-state index in [9.17, 15) is 13.6 Å². The maximum Gasteiger partial charge on any atom is 0.410 e. The van der Waals surface area contributed by atoms with Gasteiger partial charge < -0.3 is 14.5 Å². The average Bonchev–Trinajstić information content (AvgIpc) is 2.94. The maximum atomic E-state index is 13.5. The van der Waals surface area contributed by atoms with E-state index in [4.69, 9.17) is 4.74 Å². The maximum absolute atomic E-state index is 13.5. The molecule has 1 aromatic carbocycles. The highest BCUT2D eigenvalue weighted by atomic mass is 19.1. The van der Waals surface area contributed by atoms with Crippen molar-refractivity contribution >= 4 is 11.9 Å². The second kappa shape index (κ2) is 7.17. The first-order valence-corrected chi connectivity index (χ1v) is 8.88. The molecule has 27 heavy (non-hydrogen) atoms. The summed E-state index contributed by atoms with van der Waals surface area (Å²) < 4.78 is 33.9. The number of halogens is 2. The minimum Gasteiger partial charge on any atom is -0.444 e. The number of aromatic nitrogens is 2. The van der Waals surface area contributed by atoms with Crippen LogP contribution in [0.3, 0.4) is 0 Å². The van der Waals surface area contributed by atoms with Crippen molar-refractivity contribution in [2.24, 2.45) is 0 Å². The number of nitrogens with zero attached hydrogens (tertiary/aromatic N) is 4. The number of aryl methyl sites for hydroxylation is 1. The number of carbonyl (C=O) groups excluding carboxylic acids is 1. The van der Waals surface area contributed by atoms with Crippen LogP contribution in [0.25, 0.3) is 5.69 Å². The van der Waals surface area contributed by atoms with Crippen LogP contribution in [0.15, 0.2) is 24.3 Å². The van der Waals surface area contributed by atoms with Gasteiger partial charge in [0.05, 0.1) is 5.69 Å². The largest absolute Gasteiger partial charge is 0.444 e. The van der Waals surface area contributed by atoms with Crippen LogP contribution >= 0.6 is 0 Å². The van der Waals surface area contributed by atoms with E-state index in [2.05, 4.69) is 5.10 Å². The summed E-state index contributed by atoms with van der Waals surface area (Å²) in [5, 5.41) is 4.49. The third-order valence-corrected chi connectivity index (χ3v) is 4.22. The zero-order chi connectivity index (χ0) is 19.8. The first-order chi connectivity index (χ1) is 12.6. The lowest BCUT2D eigenvalue weighted by Gasteiger charge is -2.35. The van der Waals surface area contributed by atoms with E-state index in [0.717, 1.165) is 11.8 Å². The van der Waals surface area contributed by atoms with E-state index in [1.165, 1.54) is 16.8 Å². The molecule has 0 saturated carbocycles. The van der Waals surface area contributed by atoms with Crippen molar-refractivity contribution in [3.05, 3.63) is 41.6 Å². The van der Waals surface area contributed by atoms with E-state index in [0.29, 0.717) is 37.7 Å². The van der Waals surface area contributed by atoms with Gasteiger partial charge in [-0.15, -0.1) is 0 Å². The monoisotopic (exact) mass is 378 g/mol. The summed E-state index contributed by atoms with van der Waals surface area (Å²) >= 11 is 0. The molecule has 0 radical (unpaired) electrons. The summed E-state index contributed by atoms with van der Waals surface area (Å²) in [6.45, 7) is 9.60. The summed E-state index contributed by atoms with van der Waals surface area (Å²) in [5.41, 5.74) is 0.581. The molecule has 1 amide bonds. The molecule has 1 fully saturated rings. The molecule has 6 nitrogen and oxygen atoms in total. The van der Waals surface area contributed by atoms with E-state index in [1.54, 1.807) is 4.90 Å². The number of benzene rings is 1. The van der Waals surface area contributed by atoms with Gasteiger partial charge in [0.1, 0.15) is 17.2 Å². The highest BCUT2D eigenvalue weighted by molar-refractivity contribution is 5.68. The molecule has 0 unspecified atom stereocenters. The smallest absolute Gasteiger partial charge is 0.410 e. The summed E-state index contributed by atoms with van der Waals surface area (Å²) in [5.74, 6) is -0.583. The van der Waals surface area contributed by atoms with Crippen LogP contribution in [0, 0.1) is 18.6 Å². The van der Waals surface area contributed by atoms with Crippen LogP contribution in [-0.2, 0) is 4.74 Å². The molecule has 1 aromatic heterocycles. The van der Waals surface area contributed by atoms with Gasteiger partial charge in [0, 0.05) is 44.0 Å². The molecular weight excluding hydrogens is 354 g/mol. The number of carbonyl (C=O) groups is 1. The zero-order valence-corrected chi connectivity index (χ0v) is 16.0. The fourth-order valence-corrected chi connectivity index (χ4v) is 2.98. The van der Waals surface area contributed by atoms with Gasteiger partial charge in [-0.25, -0.2) is 18.3 Å².